The molecule has 1 heteroatoms. The van der Waals surface area contributed by atoms with Crippen LogP contribution >= 0.6 is 0 Å². The van der Waals surface area contributed by atoms with E-state index in [1.165, 1.54) is 51.4 Å². The van der Waals surface area contributed by atoms with Gasteiger partial charge < -0.3 is 4.74 Å². The third-order valence-electron chi connectivity index (χ3n) is 5.22. The summed E-state index contributed by atoms with van der Waals surface area (Å²) in [6, 6.07) is 0. The largest absolute Gasteiger partial charge is 0.378 e. The zero-order valence-corrected chi connectivity index (χ0v) is 12.9. The van der Waals surface area contributed by atoms with Gasteiger partial charge in [-0.15, -0.1) is 0 Å². The standard InChI is InChI=1S/C18H32O/c1-3-5-15-6-8-16(9-7-15)17-10-12-18(13-11-17)19-14-4-2/h3,5,15-18H,4,6-14H2,1-2H3. The van der Waals surface area contributed by atoms with Gasteiger partial charge in [-0.05, 0) is 82.5 Å². The highest BCUT2D eigenvalue weighted by molar-refractivity contribution is 4.90. The van der Waals surface area contributed by atoms with Crippen molar-refractivity contribution in [1.82, 2.24) is 0 Å². The summed E-state index contributed by atoms with van der Waals surface area (Å²) in [5, 5.41) is 0. The van der Waals surface area contributed by atoms with Gasteiger partial charge in [-0.1, -0.05) is 19.1 Å². The first-order chi connectivity index (χ1) is 9.33. The molecule has 0 amide bonds. The second-order valence-corrected chi connectivity index (χ2v) is 6.61. The van der Waals surface area contributed by atoms with Gasteiger partial charge in [-0.3, -0.25) is 0 Å². The molecular formula is C18H32O. The molecule has 1 nitrogen and oxygen atoms in total. The molecule has 0 atom stereocenters. The van der Waals surface area contributed by atoms with Gasteiger partial charge in [0.05, 0.1) is 6.10 Å². The Morgan fingerprint density at radius 2 is 1.47 bits per heavy atom. The maximum atomic E-state index is 5.91. The van der Waals surface area contributed by atoms with E-state index >= 15 is 0 Å². The van der Waals surface area contributed by atoms with E-state index in [0.717, 1.165) is 30.8 Å². The Bertz CT molecular complexity index is 255. The topological polar surface area (TPSA) is 9.23 Å². The predicted molar refractivity (Wildman–Crippen MR) is 82.3 cm³/mol. The first-order valence-electron chi connectivity index (χ1n) is 8.57. The number of hydrogen-bond acceptors (Lipinski definition) is 1. The summed E-state index contributed by atoms with van der Waals surface area (Å²) in [6.45, 7) is 5.32. The van der Waals surface area contributed by atoms with Gasteiger partial charge in [0.2, 0.25) is 0 Å². The van der Waals surface area contributed by atoms with Gasteiger partial charge in [-0.25, -0.2) is 0 Å². The molecule has 0 N–H and O–H groups in total. The zero-order valence-electron chi connectivity index (χ0n) is 12.9. The number of allylic oxidation sites excluding steroid dienone is 2. The van der Waals surface area contributed by atoms with E-state index in [4.69, 9.17) is 4.74 Å². The molecular weight excluding hydrogens is 232 g/mol. The van der Waals surface area contributed by atoms with Gasteiger partial charge in [0, 0.05) is 6.61 Å². The fraction of sp³-hybridized carbons (Fsp3) is 0.889. The minimum Gasteiger partial charge on any atom is -0.378 e. The van der Waals surface area contributed by atoms with Gasteiger partial charge in [0.1, 0.15) is 0 Å². The molecule has 2 aliphatic carbocycles. The Morgan fingerprint density at radius 3 is 2.00 bits per heavy atom. The molecule has 2 aliphatic rings. The van der Waals surface area contributed by atoms with Crippen LogP contribution in [0.15, 0.2) is 12.2 Å². The summed E-state index contributed by atoms with van der Waals surface area (Å²) in [7, 11) is 0. The molecule has 0 unspecified atom stereocenters. The summed E-state index contributed by atoms with van der Waals surface area (Å²) in [6.07, 6.45) is 17.7. The number of ether oxygens (including phenoxy) is 1. The quantitative estimate of drug-likeness (QED) is 0.608. The van der Waals surface area contributed by atoms with Crippen LogP contribution in [0.5, 0.6) is 0 Å². The molecule has 0 radical (unpaired) electrons. The maximum Gasteiger partial charge on any atom is 0.0575 e. The minimum absolute atomic E-state index is 0.579. The van der Waals surface area contributed by atoms with Crippen LogP contribution in [0.4, 0.5) is 0 Å². The molecule has 0 aromatic carbocycles. The Kier molecular flexibility index (Phi) is 6.43. The van der Waals surface area contributed by atoms with Gasteiger partial charge in [0.25, 0.3) is 0 Å². The van der Waals surface area contributed by atoms with E-state index in [1.54, 1.807) is 0 Å². The van der Waals surface area contributed by atoms with Crippen LogP contribution in [0.1, 0.15) is 71.6 Å². The van der Waals surface area contributed by atoms with Gasteiger partial charge in [-0.2, -0.15) is 0 Å². The second kappa shape index (κ2) is 8.09. The molecule has 2 rings (SSSR count). The molecule has 2 saturated carbocycles. The Balaban J connectivity index is 1.68. The summed E-state index contributed by atoms with van der Waals surface area (Å²) >= 11 is 0. The van der Waals surface area contributed by atoms with Crippen molar-refractivity contribution < 1.29 is 4.74 Å². The lowest BCUT2D eigenvalue weighted by Gasteiger charge is -2.37. The first-order valence-corrected chi connectivity index (χ1v) is 8.57. The molecule has 0 aromatic heterocycles. The van der Waals surface area contributed by atoms with Crippen LogP contribution < -0.4 is 0 Å². The zero-order chi connectivity index (χ0) is 13.5. The lowest BCUT2D eigenvalue weighted by molar-refractivity contribution is 0.00796. The summed E-state index contributed by atoms with van der Waals surface area (Å²) in [4.78, 5) is 0. The van der Waals surface area contributed by atoms with Crippen LogP contribution in [0, 0.1) is 17.8 Å². The van der Waals surface area contributed by atoms with E-state index in [2.05, 4.69) is 26.0 Å². The highest BCUT2D eigenvalue weighted by Gasteiger charge is 2.30. The second-order valence-electron chi connectivity index (χ2n) is 6.61. The molecule has 0 aromatic rings. The lowest BCUT2D eigenvalue weighted by Crippen LogP contribution is -2.28. The van der Waals surface area contributed by atoms with Crippen LogP contribution in [-0.4, -0.2) is 12.7 Å². The monoisotopic (exact) mass is 264 g/mol. The fourth-order valence-electron chi connectivity index (χ4n) is 4.09. The Morgan fingerprint density at radius 1 is 0.895 bits per heavy atom. The summed E-state index contributed by atoms with van der Waals surface area (Å²) < 4.78 is 5.91. The predicted octanol–water partition coefficient (Wildman–Crippen LogP) is 5.35. The van der Waals surface area contributed by atoms with Crippen molar-refractivity contribution in [2.45, 2.75) is 77.7 Å². The highest BCUT2D eigenvalue weighted by atomic mass is 16.5. The molecule has 0 bridgehead atoms. The van der Waals surface area contributed by atoms with E-state index in [1.807, 2.05) is 0 Å². The Hall–Kier alpha value is -0.300. The van der Waals surface area contributed by atoms with Gasteiger partial charge in [0.15, 0.2) is 0 Å². The maximum absolute atomic E-state index is 5.91. The normalized spacial score (nSPS) is 36.7. The fourth-order valence-corrected chi connectivity index (χ4v) is 4.09. The summed E-state index contributed by atoms with van der Waals surface area (Å²) in [5.74, 6) is 2.91. The average molecular weight is 264 g/mol. The van der Waals surface area contributed by atoms with Crippen LogP contribution in [0.3, 0.4) is 0 Å². The van der Waals surface area contributed by atoms with Crippen molar-refractivity contribution >= 4 is 0 Å². The summed E-state index contributed by atoms with van der Waals surface area (Å²) in [5.41, 5.74) is 0. The molecule has 0 heterocycles. The smallest absolute Gasteiger partial charge is 0.0575 e. The van der Waals surface area contributed by atoms with Crippen LogP contribution in [-0.2, 0) is 4.74 Å². The van der Waals surface area contributed by atoms with Crippen molar-refractivity contribution in [1.29, 1.82) is 0 Å². The molecule has 110 valence electrons. The minimum atomic E-state index is 0.579. The SMILES string of the molecule is CC=CC1CCC(C2CCC(OCCC)CC2)CC1. The number of rotatable bonds is 5. The van der Waals surface area contributed by atoms with Crippen molar-refractivity contribution in [2.24, 2.45) is 17.8 Å². The van der Waals surface area contributed by atoms with Crippen LogP contribution in [0.25, 0.3) is 0 Å². The lowest BCUT2D eigenvalue weighted by atomic mass is 9.70. The first kappa shape index (κ1) is 15.1. The van der Waals surface area contributed by atoms with E-state index in [0.29, 0.717) is 6.10 Å². The number of hydrogen-bond donors (Lipinski definition) is 0. The average Bonchev–Trinajstić information content (AvgIpc) is 2.47. The van der Waals surface area contributed by atoms with Crippen molar-refractivity contribution in [2.75, 3.05) is 6.61 Å². The van der Waals surface area contributed by atoms with Crippen LogP contribution in [0.2, 0.25) is 0 Å². The van der Waals surface area contributed by atoms with Gasteiger partial charge >= 0.3 is 0 Å². The van der Waals surface area contributed by atoms with Crippen molar-refractivity contribution in [3.8, 4) is 0 Å². The molecule has 2 fully saturated rings. The van der Waals surface area contributed by atoms with E-state index in [9.17, 15) is 0 Å². The molecule has 0 aliphatic heterocycles. The van der Waals surface area contributed by atoms with E-state index < -0.39 is 0 Å². The molecule has 19 heavy (non-hydrogen) atoms. The Labute approximate surface area is 119 Å². The molecule has 0 spiro atoms. The highest BCUT2D eigenvalue weighted by Crippen LogP contribution is 2.40. The van der Waals surface area contributed by atoms with Crippen molar-refractivity contribution in [3.05, 3.63) is 12.2 Å². The van der Waals surface area contributed by atoms with Crippen molar-refractivity contribution in [3.63, 3.8) is 0 Å². The third-order valence-corrected chi connectivity index (χ3v) is 5.22. The van der Waals surface area contributed by atoms with E-state index in [-0.39, 0.29) is 0 Å². The third kappa shape index (κ3) is 4.63. The molecule has 0 saturated heterocycles.